The monoisotopic (exact) mass is 488 g/mol. The van der Waals surface area contributed by atoms with E-state index in [4.69, 9.17) is 9.47 Å². The summed E-state index contributed by atoms with van der Waals surface area (Å²) in [5.74, 6) is 1.55. The Morgan fingerprint density at radius 1 is 1.14 bits per heavy atom. The molecule has 0 aliphatic carbocycles. The highest BCUT2D eigenvalue weighted by Gasteiger charge is 2.22. The molecule has 4 aromatic rings. The molecule has 1 N–H and O–H groups in total. The van der Waals surface area contributed by atoms with E-state index in [1.54, 1.807) is 7.11 Å². The van der Waals surface area contributed by atoms with Gasteiger partial charge in [0.25, 0.3) is 5.56 Å². The van der Waals surface area contributed by atoms with E-state index in [-0.39, 0.29) is 11.7 Å². The first-order valence-electron chi connectivity index (χ1n) is 12.3. The van der Waals surface area contributed by atoms with Gasteiger partial charge >= 0.3 is 0 Å². The van der Waals surface area contributed by atoms with E-state index in [2.05, 4.69) is 38.4 Å². The van der Waals surface area contributed by atoms with Gasteiger partial charge in [0, 0.05) is 30.6 Å². The van der Waals surface area contributed by atoms with Crippen molar-refractivity contribution in [3.05, 3.63) is 80.9 Å². The SMILES string of the molecule is COc1ccc(Cn2nnnc2CN(Cc2cc3c(C)ccc(C)c3[nH]c2=O)C[C@@H]2CCCO2)cc1. The summed E-state index contributed by atoms with van der Waals surface area (Å²) in [4.78, 5) is 18.4. The first-order valence-corrected chi connectivity index (χ1v) is 12.3. The molecular weight excluding hydrogens is 456 g/mol. The minimum Gasteiger partial charge on any atom is -0.497 e. The molecule has 9 nitrogen and oxygen atoms in total. The number of pyridine rings is 1. The van der Waals surface area contributed by atoms with Gasteiger partial charge in [0.2, 0.25) is 0 Å². The predicted molar refractivity (Wildman–Crippen MR) is 137 cm³/mol. The lowest BCUT2D eigenvalue weighted by Crippen LogP contribution is -2.34. The van der Waals surface area contributed by atoms with Crippen LogP contribution in [0.15, 0.2) is 47.3 Å². The second-order valence-corrected chi connectivity index (χ2v) is 9.52. The van der Waals surface area contributed by atoms with Crippen LogP contribution in [0.1, 0.15) is 40.9 Å². The van der Waals surface area contributed by atoms with E-state index < -0.39 is 0 Å². The van der Waals surface area contributed by atoms with Crippen LogP contribution in [0.4, 0.5) is 0 Å². The lowest BCUT2D eigenvalue weighted by molar-refractivity contribution is 0.0663. The molecule has 3 heterocycles. The van der Waals surface area contributed by atoms with Crippen LogP contribution in [0.3, 0.4) is 0 Å². The first kappa shape index (κ1) is 24.1. The number of hydrogen-bond acceptors (Lipinski definition) is 7. The smallest absolute Gasteiger partial charge is 0.252 e. The second kappa shape index (κ2) is 10.6. The largest absolute Gasteiger partial charge is 0.497 e. The maximum atomic E-state index is 13.1. The minimum atomic E-state index is -0.0636. The molecular formula is C27H32N6O3. The van der Waals surface area contributed by atoms with Crippen molar-refractivity contribution in [1.82, 2.24) is 30.1 Å². The number of methoxy groups -OCH3 is 1. The van der Waals surface area contributed by atoms with Crippen LogP contribution in [0.5, 0.6) is 5.75 Å². The number of aromatic amines is 1. The first-order chi connectivity index (χ1) is 17.5. The number of nitrogens with zero attached hydrogens (tertiary/aromatic N) is 5. The van der Waals surface area contributed by atoms with Crippen LogP contribution in [-0.2, 0) is 24.4 Å². The highest BCUT2D eigenvalue weighted by atomic mass is 16.5. The molecule has 1 aliphatic rings. The average Bonchev–Trinajstić information content (AvgIpc) is 3.55. The van der Waals surface area contributed by atoms with E-state index in [9.17, 15) is 4.79 Å². The third-order valence-electron chi connectivity index (χ3n) is 6.86. The molecule has 0 saturated carbocycles. The Bertz CT molecular complexity index is 1390. The number of ether oxygens (including phenoxy) is 2. The van der Waals surface area contributed by atoms with E-state index >= 15 is 0 Å². The molecule has 0 spiro atoms. The maximum Gasteiger partial charge on any atom is 0.252 e. The maximum absolute atomic E-state index is 13.1. The van der Waals surface area contributed by atoms with Crippen molar-refractivity contribution in [1.29, 1.82) is 0 Å². The fraction of sp³-hybridized carbons (Fsp3) is 0.407. The second-order valence-electron chi connectivity index (χ2n) is 9.52. The highest BCUT2D eigenvalue weighted by Crippen LogP contribution is 2.22. The van der Waals surface area contributed by atoms with Gasteiger partial charge in [-0.15, -0.1) is 5.10 Å². The molecule has 1 aliphatic heterocycles. The van der Waals surface area contributed by atoms with Gasteiger partial charge in [0.05, 0.1) is 31.8 Å². The molecule has 1 fully saturated rings. The van der Waals surface area contributed by atoms with Crippen molar-refractivity contribution in [2.45, 2.75) is 52.4 Å². The highest BCUT2D eigenvalue weighted by molar-refractivity contribution is 5.85. The van der Waals surface area contributed by atoms with Crippen molar-refractivity contribution >= 4 is 10.9 Å². The van der Waals surface area contributed by atoms with E-state index in [0.717, 1.165) is 64.2 Å². The summed E-state index contributed by atoms with van der Waals surface area (Å²) in [6.45, 7) is 7.11. The Kier molecular flexibility index (Phi) is 7.11. The van der Waals surface area contributed by atoms with Crippen LogP contribution < -0.4 is 10.3 Å². The molecule has 0 radical (unpaired) electrons. The molecule has 1 atom stereocenters. The van der Waals surface area contributed by atoms with Gasteiger partial charge in [-0.3, -0.25) is 9.69 Å². The third-order valence-corrected chi connectivity index (χ3v) is 6.86. The van der Waals surface area contributed by atoms with Gasteiger partial charge in [-0.1, -0.05) is 24.3 Å². The number of fused-ring (bicyclic) bond motifs is 1. The van der Waals surface area contributed by atoms with Crippen molar-refractivity contribution < 1.29 is 9.47 Å². The Balaban J connectivity index is 1.40. The molecule has 9 heteroatoms. The Morgan fingerprint density at radius 2 is 1.94 bits per heavy atom. The number of rotatable bonds is 9. The zero-order chi connectivity index (χ0) is 25.1. The minimum absolute atomic E-state index is 0.0636. The molecule has 0 bridgehead atoms. The zero-order valence-electron chi connectivity index (χ0n) is 21.0. The molecule has 36 heavy (non-hydrogen) atoms. The standard InChI is InChI=1S/C27H32N6O3/c1-18-6-7-19(2)26-24(18)13-21(27(34)28-26)15-32(16-23-5-4-12-36-23)17-25-29-30-31-33(25)14-20-8-10-22(35-3)11-9-20/h6-11,13,23H,4-5,12,14-17H2,1-3H3,(H,28,34)/t23-/m0/s1. The van der Waals surface area contributed by atoms with Crippen molar-refractivity contribution in [3.63, 3.8) is 0 Å². The molecule has 1 saturated heterocycles. The lowest BCUT2D eigenvalue weighted by Gasteiger charge is -2.24. The normalized spacial score (nSPS) is 15.7. The summed E-state index contributed by atoms with van der Waals surface area (Å²) >= 11 is 0. The van der Waals surface area contributed by atoms with Gasteiger partial charge < -0.3 is 14.5 Å². The van der Waals surface area contributed by atoms with Crippen molar-refractivity contribution in [2.75, 3.05) is 20.3 Å². The van der Waals surface area contributed by atoms with Crippen molar-refractivity contribution in [2.24, 2.45) is 0 Å². The molecule has 0 unspecified atom stereocenters. The van der Waals surface area contributed by atoms with Crippen LogP contribution in [0, 0.1) is 13.8 Å². The third kappa shape index (κ3) is 5.32. The Labute approximate surface area is 210 Å². The number of benzene rings is 2. The number of tetrazole rings is 1. The van der Waals surface area contributed by atoms with E-state index in [0.29, 0.717) is 26.2 Å². The summed E-state index contributed by atoms with van der Waals surface area (Å²) in [6, 6.07) is 14.0. The summed E-state index contributed by atoms with van der Waals surface area (Å²) in [5.41, 5.74) is 4.84. The van der Waals surface area contributed by atoms with Crippen LogP contribution in [-0.4, -0.2) is 56.5 Å². The van der Waals surface area contributed by atoms with Gasteiger partial charge in [0.15, 0.2) is 5.82 Å². The molecule has 5 rings (SSSR count). The van der Waals surface area contributed by atoms with Crippen LogP contribution in [0.2, 0.25) is 0 Å². The van der Waals surface area contributed by atoms with Crippen molar-refractivity contribution in [3.8, 4) is 5.75 Å². The molecule has 188 valence electrons. The molecule has 2 aromatic carbocycles. The quantitative estimate of drug-likeness (QED) is 0.386. The molecule has 2 aromatic heterocycles. The van der Waals surface area contributed by atoms with Gasteiger partial charge in [-0.05, 0) is 72.0 Å². The Hall–Kier alpha value is -3.56. The average molecular weight is 489 g/mol. The van der Waals surface area contributed by atoms with Crippen LogP contribution >= 0.6 is 0 Å². The zero-order valence-corrected chi connectivity index (χ0v) is 21.0. The summed E-state index contributed by atoms with van der Waals surface area (Å²) in [7, 11) is 1.65. The lowest BCUT2D eigenvalue weighted by atomic mass is 10.0. The number of H-pyrrole nitrogens is 1. The molecule has 0 amide bonds. The number of aromatic nitrogens is 5. The van der Waals surface area contributed by atoms with Crippen LogP contribution in [0.25, 0.3) is 10.9 Å². The number of aryl methyl sites for hydroxylation is 2. The summed E-state index contributed by atoms with van der Waals surface area (Å²) < 4.78 is 13.0. The van der Waals surface area contributed by atoms with E-state index in [1.807, 2.05) is 48.0 Å². The Morgan fingerprint density at radius 3 is 2.69 bits per heavy atom. The van der Waals surface area contributed by atoms with E-state index in [1.165, 1.54) is 0 Å². The summed E-state index contributed by atoms with van der Waals surface area (Å²) in [6.07, 6.45) is 2.21. The predicted octanol–water partition coefficient (Wildman–Crippen LogP) is 3.37. The fourth-order valence-electron chi connectivity index (χ4n) is 4.80. The fourth-order valence-corrected chi connectivity index (χ4v) is 4.80. The van der Waals surface area contributed by atoms with Gasteiger partial charge in [-0.2, -0.15) is 0 Å². The summed E-state index contributed by atoms with van der Waals surface area (Å²) in [5, 5.41) is 13.5. The number of hydrogen-bond donors (Lipinski definition) is 1. The van der Waals surface area contributed by atoms with Gasteiger partial charge in [0.1, 0.15) is 5.75 Å². The number of nitrogens with one attached hydrogen (secondary N) is 1. The van der Waals surface area contributed by atoms with Gasteiger partial charge in [-0.25, -0.2) is 4.68 Å². The topological polar surface area (TPSA) is 98.2 Å².